The number of likely N-dealkylation sites (N-methyl/N-ethyl adjacent to an activating group) is 1. The fourth-order valence-corrected chi connectivity index (χ4v) is 3.19. The van der Waals surface area contributed by atoms with Gasteiger partial charge in [-0.25, -0.2) is 0 Å². The Kier molecular flexibility index (Phi) is 6.72. The van der Waals surface area contributed by atoms with E-state index in [2.05, 4.69) is 27.8 Å². The number of carbonyl (C=O) groups is 1. The molecule has 2 rings (SSSR count). The van der Waals surface area contributed by atoms with Gasteiger partial charge in [0.25, 0.3) is 5.91 Å². The minimum atomic E-state index is 0.0433. The first kappa shape index (κ1) is 18.1. The first-order valence-corrected chi connectivity index (χ1v) is 8.91. The van der Waals surface area contributed by atoms with E-state index in [1.165, 1.54) is 0 Å². The van der Waals surface area contributed by atoms with Crippen molar-refractivity contribution in [3.05, 3.63) is 22.2 Å². The van der Waals surface area contributed by atoms with Crippen LogP contribution in [0.3, 0.4) is 0 Å². The van der Waals surface area contributed by atoms with Gasteiger partial charge in [0, 0.05) is 31.7 Å². The molecule has 0 bridgehead atoms. The van der Waals surface area contributed by atoms with E-state index in [0.717, 1.165) is 43.6 Å². The summed E-state index contributed by atoms with van der Waals surface area (Å²) in [4.78, 5) is 17.0. The molecule has 1 heterocycles. The van der Waals surface area contributed by atoms with E-state index in [1.54, 1.807) is 13.2 Å². The summed E-state index contributed by atoms with van der Waals surface area (Å²) < 4.78 is 11.9. The Morgan fingerprint density at radius 2 is 1.91 bits per heavy atom. The number of rotatable bonds is 6. The van der Waals surface area contributed by atoms with Crippen LogP contribution >= 0.6 is 15.9 Å². The van der Waals surface area contributed by atoms with E-state index >= 15 is 0 Å². The molecule has 1 aromatic carbocycles. The van der Waals surface area contributed by atoms with E-state index in [-0.39, 0.29) is 5.91 Å². The first-order valence-electron chi connectivity index (χ1n) is 8.12. The zero-order valence-electron chi connectivity index (χ0n) is 14.1. The lowest BCUT2D eigenvalue weighted by molar-refractivity contribution is 0.0643. The third-order valence-electron chi connectivity index (χ3n) is 4.03. The van der Waals surface area contributed by atoms with Gasteiger partial charge in [-0.2, -0.15) is 0 Å². The molecule has 23 heavy (non-hydrogen) atoms. The number of amides is 1. The van der Waals surface area contributed by atoms with E-state index in [9.17, 15) is 4.79 Å². The second kappa shape index (κ2) is 8.55. The molecule has 1 aliphatic rings. The summed E-state index contributed by atoms with van der Waals surface area (Å²) in [5.41, 5.74) is 0.627. The predicted molar refractivity (Wildman–Crippen MR) is 94.5 cm³/mol. The van der Waals surface area contributed by atoms with Crippen molar-refractivity contribution in [1.82, 2.24) is 9.80 Å². The number of carbonyl (C=O) groups excluding carboxylic acids is 1. The average molecular weight is 385 g/mol. The summed E-state index contributed by atoms with van der Waals surface area (Å²) in [6, 6.07) is 3.59. The lowest BCUT2D eigenvalue weighted by Crippen LogP contribution is -2.48. The summed E-state index contributed by atoms with van der Waals surface area (Å²) in [5, 5.41) is 0. The summed E-state index contributed by atoms with van der Waals surface area (Å²) in [6.45, 7) is 9.23. The molecule has 0 saturated carbocycles. The maximum absolute atomic E-state index is 12.7. The van der Waals surface area contributed by atoms with Crippen LogP contribution in [0.15, 0.2) is 16.6 Å². The highest BCUT2D eigenvalue weighted by Crippen LogP contribution is 2.37. The average Bonchev–Trinajstić information content (AvgIpc) is 2.59. The molecule has 128 valence electrons. The van der Waals surface area contributed by atoms with E-state index in [1.807, 2.05) is 17.9 Å². The highest BCUT2D eigenvalue weighted by atomic mass is 79.9. The molecule has 1 fully saturated rings. The molecular weight excluding hydrogens is 360 g/mol. The standard InChI is InChI=1S/C17H25BrN2O3/c1-4-10-23-16-14(18)11-13(12-15(16)22-3)17(21)20-8-6-19(5-2)7-9-20/h11-12H,4-10H2,1-3H3. The van der Waals surface area contributed by atoms with Crippen molar-refractivity contribution >= 4 is 21.8 Å². The summed E-state index contributed by atoms with van der Waals surface area (Å²) in [6.07, 6.45) is 0.915. The van der Waals surface area contributed by atoms with Gasteiger partial charge in [-0.3, -0.25) is 4.79 Å². The van der Waals surface area contributed by atoms with Crippen LogP contribution in [0, 0.1) is 0 Å². The van der Waals surface area contributed by atoms with Crippen molar-refractivity contribution in [2.45, 2.75) is 20.3 Å². The minimum Gasteiger partial charge on any atom is -0.493 e. The Balaban J connectivity index is 2.16. The summed E-state index contributed by atoms with van der Waals surface area (Å²) in [5.74, 6) is 1.28. The van der Waals surface area contributed by atoms with Gasteiger partial charge in [-0.15, -0.1) is 0 Å². The largest absolute Gasteiger partial charge is 0.493 e. The maximum atomic E-state index is 12.7. The van der Waals surface area contributed by atoms with Crippen LogP contribution in [-0.2, 0) is 0 Å². The second-order valence-electron chi connectivity index (χ2n) is 5.56. The number of nitrogens with zero attached hydrogens (tertiary/aromatic N) is 2. The normalized spacial score (nSPS) is 15.6. The molecule has 0 aromatic heterocycles. The van der Waals surface area contributed by atoms with Gasteiger partial charge in [0.15, 0.2) is 11.5 Å². The monoisotopic (exact) mass is 384 g/mol. The van der Waals surface area contributed by atoms with E-state index < -0.39 is 0 Å². The van der Waals surface area contributed by atoms with Crippen LogP contribution in [0.1, 0.15) is 30.6 Å². The van der Waals surface area contributed by atoms with Gasteiger partial charge in [-0.1, -0.05) is 13.8 Å². The molecule has 0 radical (unpaired) electrons. The molecule has 1 aromatic rings. The van der Waals surface area contributed by atoms with Crippen molar-refractivity contribution in [3.63, 3.8) is 0 Å². The van der Waals surface area contributed by atoms with Crippen molar-refractivity contribution in [2.24, 2.45) is 0 Å². The van der Waals surface area contributed by atoms with Crippen LogP contribution in [-0.4, -0.2) is 62.1 Å². The van der Waals surface area contributed by atoms with Gasteiger partial charge >= 0.3 is 0 Å². The zero-order valence-corrected chi connectivity index (χ0v) is 15.7. The fourth-order valence-electron chi connectivity index (χ4n) is 2.64. The molecule has 0 N–H and O–H groups in total. The number of piperazine rings is 1. The molecule has 1 aliphatic heterocycles. The van der Waals surface area contributed by atoms with Crippen LogP contribution in [0.4, 0.5) is 0 Å². The Bertz CT molecular complexity index is 543. The van der Waals surface area contributed by atoms with Gasteiger partial charge in [-0.05, 0) is 41.0 Å². The van der Waals surface area contributed by atoms with Crippen molar-refractivity contribution in [1.29, 1.82) is 0 Å². The lowest BCUT2D eigenvalue weighted by Gasteiger charge is -2.34. The highest BCUT2D eigenvalue weighted by molar-refractivity contribution is 9.10. The quantitative estimate of drug-likeness (QED) is 0.755. The molecule has 0 unspecified atom stereocenters. The molecule has 1 amide bonds. The molecule has 0 atom stereocenters. The summed E-state index contributed by atoms with van der Waals surface area (Å²) >= 11 is 3.50. The Hall–Kier alpha value is -1.27. The van der Waals surface area contributed by atoms with Gasteiger partial charge in [0.2, 0.25) is 0 Å². The number of ether oxygens (including phenoxy) is 2. The third-order valence-corrected chi connectivity index (χ3v) is 4.62. The lowest BCUT2D eigenvalue weighted by atomic mass is 10.1. The predicted octanol–water partition coefficient (Wildman–Crippen LogP) is 3.02. The molecule has 1 saturated heterocycles. The van der Waals surface area contributed by atoms with Crippen molar-refractivity contribution in [3.8, 4) is 11.5 Å². The van der Waals surface area contributed by atoms with Crippen molar-refractivity contribution < 1.29 is 14.3 Å². The SMILES string of the molecule is CCCOc1c(Br)cc(C(=O)N2CCN(CC)CC2)cc1OC. The Morgan fingerprint density at radius 3 is 2.48 bits per heavy atom. The van der Waals surface area contributed by atoms with Crippen molar-refractivity contribution in [2.75, 3.05) is 46.4 Å². The third kappa shape index (κ3) is 4.38. The Labute approximate surface area is 146 Å². The maximum Gasteiger partial charge on any atom is 0.254 e. The van der Waals surface area contributed by atoms with Crippen LogP contribution < -0.4 is 9.47 Å². The molecule has 5 nitrogen and oxygen atoms in total. The number of methoxy groups -OCH3 is 1. The minimum absolute atomic E-state index is 0.0433. The second-order valence-corrected chi connectivity index (χ2v) is 6.42. The molecule has 0 aliphatic carbocycles. The molecular formula is C17H25BrN2O3. The fraction of sp³-hybridized carbons (Fsp3) is 0.588. The van der Waals surface area contributed by atoms with Crippen LogP contribution in [0.2, 0.25) is 0 Å². The number of benzene rings is 1. The number of hydrogen-bond donors (Lipinski definition) is 0. The zero-order chi connectivity index (χ0) is 16.8. The van der Waals surface area contributed by atoms with Crippen LogP contribution in [0.5, 0.6) is 11.5 Å². The van der Waals surface area contributed by atoms with E-state index in [0.29, 0.717) is 23.7 Å². The van der Waals surface area contributed by atoms with E-state index in [4.69, 9.17) is 9.47 Å². The molecule has 6 heteroatoms. The Morgan fingerprint density at radius 1 is 1.22 bits per heavy atom. The number of halogens is 1. The van der Waals surface area contributed by atoms with Gasteiger partial charge in [0.1, 0.15) is 0 Å². The summed E-state index contributed by atoms with van der Waals surface area (Å²) in [7, 11) is 1.59. The topological polar surface area (TPSA) is 42.0 Å². The van der Waals surface area contributed by atoms with Gasteiger partial charge in [0.05, 0.1) is 18.2 Å². The van der Waals surface area contributed by atoms with Crippen LogP contribution in [0.25, 0.3) is 0 Å². The highest BCUT2D eigenvalue weighted by Gasteiger charge is 2.23. The van der Waals surface area contributed by atoms with Gasteiger partial charge < -0.3 is 19.3 Å². The number of hydrogen-bond acceptors (Lipinski definition) is 4. The molecule has 0 spiro atoms. The first-order chi connectivity index (χ1) is 11.1. The smallest absolute Gasteiger partial charge is 0.254 e.